The van der Waals surface area contributed by atoms with E-state index in [-0.39, 0.29) is 29.3 Å². The van der Waals surface area contributed by atoms with Crippen LogP contribution in [0.4, 0.5) is 4.39 Å². The van der Waals surface area contributed by atoms with E-state index < -0.39 is 11.7 Å². The Balaban J connectivity index is 2.01. The molecule has 2 N–H and O–H groups in total. The third kappa shape index (κ3) is 4.52. The molecule has 0 bridgehead atoms. The van der Waals surface area contributed by atoms with Crippen molar-refractivity contribution in [1.29, 1.82) is 0 Å². The highest BCUT2D eigenvalue weighted by Gasteiger charge is 2.14. The fraction of sp³-hybridized carbons (Fsp3) is 0.267. The summed E-state index contributed by atoms with van der Waals surface area (Å²) < 4.78 is 19.1. The van der Waals surface area contributed by atoms with Crippen LogP contribution in [0.25, 0.3) is 0 Å². The van der Waals surface area contributed by atoms with Gasteiger partial charge in [-0.2, -0.15) is 0 Å². The van der Waals surface area contributed by atoms with Crippen LogP contribution in [0.1, 0.15) is 20.9 Å². The van der Waals surface area contributed by atoms with Crippen molar-refractivity contribution >= 4 is 34.8 Å². The summed E-state index contributed by atoms with van der Waals surface area (Å²) in [6, 6.07) is 4.11. The number of halogens is 1. The number of aryl methyl sites for hydroxylation is 1. The van der Waals surface area contributed by atoms with Crippen LogP contribution in [0.15, 0.2) is 22.5 Å². The predicted molar refractivity (Wildman–Crippen MR) is 87.8 cm³/mol. The Labute approximate surface area is 141 Å². The molecule has 122 valence electrons. The molecule has 0 saturated carbocycles. The van der Waals surface area contributed by atoms with Crippen molar-refractivity contribution < 1.29 is 18.7 Å². The van der Waals surface area contributed by atoms with Crippen molar-refractivity contribution in [3.05, 3.63) is 40.2 Å². The molecule has 0 spiro atoms. The SMILES string of the molecule is COc1ccc(C(=O)CSc2nc(C)c(CC(N)=O)s2)cc1F. The van der Waals surface area contributed by atoms with Crippen LogP contribution in [0.2, 0.25) is 0 Å². The molecule has 0 aliphatic carbocycles. The molecule has 8 heteroatoms. The van der Waals surface area contributed by atoms with Gasteiger partial charge in [0.15, 0.2) is 21.7 Å². The van der Waals surface area contributed by atoms with Crippen molar-refractivity contribution in [3.63, 3.8) is 0 Å². The van der Waals surface area contributed by atoms with E-state index in [1.54, 1.807) is 6.92 Å². The smallest absolute Gasteiger partial charge is 0.222 e. The standard InChI is InChI=1S/C15H15FN2O3S2/c1-8-13(6-14(17)20)23-15(18-8)22-7-11(19)9-3-4-12(21-2)10(16)5-9/h3-5H,6-7H2,1-2H3,(H2,17,20). The van der Waals surface area contributed by atoms with E-state index in [9.17, 15) is 14.0 Å². The molecule has 5 nitrogen and oxygen atoms in total. The minimum atomic E-state index is -0.572. The van der Waals surface area contributed by atoms with Gasteiger partial charge in [0.1, 0.15) is 0 Å². The number of carbonyl (C=O) groups excluding carboxylic acids is 2. The Hall–Kier alpha value is -1.93. The van der Waals surface area contributed by atoms with Gasteiger partial charge in [0.25, 0.3) is 0 Å². The van der Waals surface area contributed by atoms with Gasteiger partial charge in [0.2, 0.25) is 5.91 Å². The number of methoxy groups -OCH3 is 1. The highest BCUT2D eigenvalue weighted by molar-refractivity contribution is 8.01. The maximum Gasteiger partial charge on any atom is 0.222 e. The lowest BCUT2D eigenvalue weighted by Crippen LogP contribution is -2.13. The number of thiazole rings is 1. The Morgan fingerprint density at radius 1 is 1.43 bits per heavy atom. The molecule has 0 unspecified atom stereocenters. The molecular formula is C15H15FN2O3S2. The minimum absolute atomic E-state index is 0.0980. The molecule has 0 radical (unpaired) electrons. The zero-order valence-corrected chi connectivity index (χ0v) is 14.2. The van der Waals surface area contributed by atoms with E-state index in [2.05, 4.69) is 4.98 Å². The fourth-order valence-electron chi connectivity index (χ4n) is 1.84. The molecule has 0 fully saturated rings. The van der Waals surface area contributed by atoms with Crippen molar-refractivity contribution in [1.82, 2.24) is 4.98 Å². The number of ketones is 1. The number of benzene rings is 1. The van der Waals surface area contributed by atoms with Gasteiger partial charge in [-0.3, -0.25) is 9.59 Å². The van der Waals surface area contributed by atoms with Gasteiger partial charge in [-0.25, -0.2) is 9.37 Å². The Kier molecular flexibility index (Phi) is 5.73. The highest BCUT2D eigenvalue weighted by atomic mass is 32.2. The van der Waals surface area contributed by atoms with Crippen molar-refractivity contribution in [3.8, 4) is 5.75 Å². The first-order valence-electron chi connectivity index (χ1n) is 6.65. The monoisotopic (exact) mass is 354 g/mol. The number of nitrogens with zero attached hydrogens (tertiary/aromatic N) is 1. The first-order chi connectivity index (χ1) is 10.9. The van der Waals surface area contributed by atoms with E-state index in [0.717, 1.165) is 16.6 Å². The summed E-state index contributed by atoms with van der Waals surface area (Å²) in [5.41, 5.74) is 6.19. The van der Waals surface area contributed by atoms with Crippen molar-refractivity contribution in [2.45, 2.75) is 17.7 Å². The van der Waals surface area contributed by atoms with Gasteiger partial charge in [-0.15, -0.1) is 11.3 Å². The molecule has 0 aliphatic heterocycles. The van der Waals surface area contributed by atoms with Gasteiger partial charge in [-0.1, -0.05) is 11.8 Å². The summed E-state index contributed by atoms with van der Waals surface area (Å²) in [6.07, 6.45) is 0.141. The summed E-state index contributed by atoms with van der Waals surface area (Å²) in [4.78, 5) is 28.2. The zero-order chi connectivity index (χ0) is 17.0. The van der Waals surface area contributed by atoms with Gasteiger partial charge >= 0.3 is 0 Å². The molecule has 0 aliphatic rings. The summed E-state index contributed by atoms with van der Waals surface area (Å²) >= 11 is 2.59. The minimum Gasteiger partial charge on any atom is -0.494 e. The predicted octanol–water partition coefficient (Wildman–Crippen LogP) is 2.60. The molecule has 2 aromatic rings. The van der Waals surface area contributed by atoms with E-state index >= 15 is 0 Å². The Morgan fingerprint density at radius 2 is 2.17 bits per heavy atom. The molecule has 23 heavy (non-hydrogen) atoms. The van der Waals surface area contributed by atoms with Gasteiger partial charge < -0.3 is 10.5 Å². The topological polar surface area (TPSA) is 82.3 Å². The van der Waals surface area contributed by atoms with E-state index in [1.165, 1.54) is 42.3 Å². The van der Waals surface area contributed by atoms with Crippen LogP contribution in [-0.2, 0) is 11.2 Å². The number of aromatic nitrogens is 1. The van der Waals surface area contributed by atoms with Crippen LogP contribution in [0.3, 0.4) is 0 Å². The lowest BCUT2D eigenvalue weighted by Gasteiger charge is -2.04. The van der Waals surface area contributed by atoms with E-state index in [4.69, 9.17) is 10.5 Å². The van der Waals surface area contributed by atoms with E-state index in [1.807, 2.05) is 0 Å². The number of primary amides is 1. The first kappa shape index (κ1) is 17.4. The normalized spacial score (nSPS) is 10.6. The molecule has 1 heterocycles. The number of hydrogen-bond donors (Lipinski definition) is 1. The van der Waals surface area contributed by atoms with Crippen LogP contribution in [-0.4, -0.2) is 29.5 Å². The van der Waals surface area contributed by atoms with Crippen LogP contribution in [0, 0.1) is 12.7 Å². The number of hydrogen-bond acceptors (Lipinski definition) is 6. The zero-order valence-electron chi connectivity index (χ0n) is 12.6. The quantitative estimate of drug-likeness (QED) is 0.610. The summed E-state index contributed by atoms with van der Waals surface area (Å²) in [5.74, 6) is -0.966. The number of ether oxygens (including phenoxy) is 1. The lowest BCUT2D eigenvalue weighted by atomic mass is 10.1. The van der Waals surface area contributed by atoms with Crippen molar-refractivity contribution in [2.24, 2.45) is 5.73 Å². The Bertz CT molecular complexity index is 746. The van der Waals surface area contributed by atoms with Gasteiger partial charge in [-0.05, 0) is 25.1 Å². The summed E-state index contributed by atoms with van der Waals surface area (Å²) in [7, 11) is 1.37. The number of thioether (sulfide) groups is 1. The van der Waals surface area contributed by atoms with Crippen LogP contribution >= 0.6 is 23.1 Å². The number of carbonyl (C=O) groups is 2. The molecule has 0 atom stereocenters. The molecule has 1 aromatic carbocycles. The lowest BCUT2D eigenvalue weighted by molar-refractivity contribution is -0.117. The largest absolute Gasteiger partial charge is 0.494 e. The third-order valence-electron chi connectivity index (χ3n) is 3.01. The maximum atomic E-state index is 13.6. The molecule has 1 aromatic heterocycles. The molecule has 1 amide bonds. The van der Waals surface area contributed by atoms with Crippen molar-refractivity contribution in [2.75, 3.05) is 12.9 Å². The number of rotatable bonds is 7. The summed E-state index contributed by atoms with van der Waals surface area (Å²) in [5, 5.41) is 0. The molecule has 2 rings (SSSR count). The highest BCUT2D eigenvalue weighted by Crippen LogP contribution is 2.28. The number of Topliss-reactive ketones (excluding diaryl/α,β-unsaturated/α-hetero) is 1. The van der Waals surface area contributed by atoms with E-state index in [0.29, 0.717) is 4.34 Å². The third-order valence-corrected chi connectivity index (χ3v) is 5.31. The summed E-state index contributed by atoms with van der Waals surface area (Å²) in [6.45, 7) is 1.79. The first-order valence-corrected chi connectivity index (χ1v) is 8.45. The Morgan fingerprint density at radius 3 is 2.78 bits per heavy atom. The van der Waals surface area contributed by atoms with Crippen LogP contribution < -0.4 is 10.5 Å². The van der Waals surface area contributed by atoms with Gasteiger partial charge in [0, 0.05) is 10.4 Å². The van der Waals surface area contributed by atoms with Crippen LogP contribution in [0.5, 0.6) is 5.75 Å². The van der Waals surface area contributed by atoms with Gasteiger partial charge in [0.05, 0.1) is 25.0 Å². The second kappa shape index (κ2) is 7.56. The maximum absolute atomic E-state index is 13.6. The number of amides is 1. The average Bonchev–Trinajstić information content (AvgIpc) is 2.84. The second-order valence-corrected chi connectivity index (χ2v) is 7.00. The number of nitrogens with two attached hydrogens (primary N) is 1. The average molecular weight is 354 g/mol. The fourth-order valence-corrected chi connectivity index (χ4v) is 3.97. The second-order valence-electron chi connectivity index (χ2n) is 4.69. The molecule has 0 saturated heterocycles. The molecular weight excluding hydrogens is 339 g/mol.